The van der Waals surface area contributed by atoms with Crippen LogP contribution in [0.15, 0.2) is 72.9 Å². The zero-order valence-electron chi connectivity index (χ0n) is 18.1. The van der Waals surface area contributed by atoms with Crippen LogP contribution in [-0.2, 0) is 0 Å². The van der Waals surface area contributed by atoms with Crippen LogP contribution in [-0.4, -0.2) is 19.9 Å². The molecule has 0 amide bonds. The molecule has 1 atom stereocenters. The summed E-state index contributed by atoms with van der Waals surface area (Å²) < 4.78 is 0. The zero-order valence-corrected chi connectivity index (χ0v) is 18.1. The van der Waals surface area contributed by atoms with Gasteiger partial charge in [0.25, 0.3) is 0 Å². The van der Waals surface area contributed by atoms with Crippen LogP contribution in [0.4, 0.5) is 0 Å². The Morgan fingerprint density at radius 2 is 1.35 bits per heavy atom. The number of nitrogens with one attached hydrogen (secondary N) is 2. The van der Waals surface area contributed by atoms with Crippen molar-refractivity contribution >= 4 is 11.0 Å². The first-order valence-corrected chi connectivity index (χ1v) is 10.8. The van der Waals surface area contributed by atoms with Gasteiger partial charge in [-0.05, 0) is 53.3 Å². The van der Waals surface area contributed by atoms with Crippen molar-refractivity contribution in [1.82, 2.24) is 19.9 Å². The molecule has 0 saturated carbocycles. The first-order chi connectivity index (χ1) is 15.1. The highest BCUT2D eigenvalue weighted by molar-refractivity contribution is 5.82. The van der Waals surface area contributed by atoms with Crippen molar-refractivity contribution in [3.8, 4) is 33.5 Å². The normalized spacial score (nSPS) is 12.4. The van der Waals surface area contributed by atoms with E-state index in [2.05, 4.69) is 95.5 Å². The molecule has 0 bridgehead atoms. The maximum absolute atomic E-state index is 4.74. The summed E-state index contributed by atoms with van der Waals surface area (Å²) in [6, 6.07) is 23.8. The lowest BCUT2D eigenvalue weighted by Crippen LogP contribution is -1.92. The summed E-state index contributed by atoms with van der Waals surface area (Å²) in [5.74, 6) is 2.44. The fourth-order valence-electron chi connectivity index (χ4n) is 3.90. The van der Waals surface area contributed by atoms with Gasteiger partial charge in [0, 0.05) is 5.92 Å². The van der Waals surface area contributed by atoms with Gasteiger partial charge >= 0.3 is 0 Å². The zero-order chi connectivity index (χ0) is 21.4. The molecular formula is C27H26N4. The SMILES string of the molecule is CCC(C)c1nc2ccc(-c3ccc(-c4ccc(-c5cnc(C)[nH]5)cc4)cc3)cc2[nH]1. The first kappa shape index (κ1) is 19.3. The summed E-state index contributed by atoms with van der Waals surface area (Å²) >= 11 is 0. The molecule has 0 radical (unpaired) electrons. The maximum Gasteiger partial charge on any atom is 0.110 e. The molecule has 1 unspecified atom stereocenters. The van der Waals surface area contributed by atoms with Crippen LogP contribution >= 0.6 is 0 Å². The van der Waals surface area contributed by atoms with Gasteiger partial charge in [0.15, 0.2) is 0 Å². The number of aromatic amines is 2. The molecule has 154 valence electrons. The highest BCUT2D eigenvalue weighted by Crippen LogP contribution is 2.29. The standard InChI is InChI=1S/C27H26N4/c1-4-17(2)27-30-24-14-13-23(15-25(24)31-27)21-7-5-19(6-8-21)20-9-11-22(12-10-20)26-16-28-18(3)29-26/h5-17H,4H2,1-3H3,(H,28,29)(H,30,31). The summed E-state index contributed by atoms with van der Waals surface area (Å²) in [6.07, 6.45) is 2.96. The summed E-state index contributed by atoms with van der Waals surface area (Å²) in [4.78, 5) is 15.8. The lowest BCUT2D eigenvalue weighted by Gasteiger charge is -2.06. The Hall–Kier alpha value is -3.66. The van der Waals surface area contributed by atoms with E-state index in [0.29, 0.717) is 5.92 Å². The van der Waals surface area contributed by atoms with Gasteiger partial charge in [-0.25, -0.2) is 9.97 Å². The molecule has 0 aliphatic carbocycles. The average molecular weight is 407 g/mol. The second-order valence-electron chi connectivity index (χ2n) is 8.20. The molecule has 4 nitrogen and oxygen atoms in total. The molecule has 2 N–H and O–H groups in total. The van der Waals surface area contributed by atoms with Crippen molar-refractivity contribution in [2.24, 2.45) is 0 Å². The Morgan fingerprint density at radius 3 is 1.94 bits per heavy atom. The highest BCUT2D eigenvalue weighted by atomic mass is 14.9. The number of aromatic nitrogens is 4. The van der Waals surface area contributed by atoms with Crippen LogP contribution in [0.2, 0.25) is 0 Å². The molecule has 0 aliphatic rings. The van der Waals surface area contributed by atoms with Gasteiger partial charge < -0.3 is 9.97 Å². The van der Waals surface area contributed by atoms with Gasteiger partial charge in [-0.15, -0.1) is 0 Å². The molecule has 0 spiro atoms. The van der Waals surface area contributed by atoms with Gasteiger partial charge in [-0.1, -0.05) is 68.4 Å². The van der Waals surface area contributed by atoms with Crippen molar-refractivity contribution in [1.29, 1.82) is 0 Å². The smallest absolute Gasteiger partial charge is 0.110 e. The summed E-state index contributed by atoms with van der Waals surface area (Å²) in [5.41, 5.74) is 9.13. The number of H-pyrrole nitrogens is 2. The second kappa shape index (κ2) is 7.88. The molecule has 0 saturated heterocycles. The number of benzene rings is 3. The maximum atomic E-state index is 4.74. The Kier molecular flexibility index (Phi) is 4.91. The van der Waals surface area contributed by atoms with Gasteiger partial charge in [0.05, 0.1) is 22.9 Å². The van der Waals surface area contributed by atoms with Crippen LogP contribution in [0.25, 0.3) is 44.5 Å². The molecule has 5 rings (SSSR count). The van der Waals surface area contributed by atoms with E-state index in [0.717, 1.165) is 40.4 Å². The Bertz CT molecular complexity index is 1320. The minimum atomic E-state index is 0.443. The van der Waals surface area contributed by atoms with E-state index >= 15 is 0 Å². The van der Waals surface area contributed by atoms with E-state index in [9.17, 15) is 0 Å². The van der Waals surface area contributed by atoms with Crippen LogP contribution in [0, 0.1) is 6.92 Å². The summed E-state index contributed by atoms with van der Waals surface area (Å²) in [5, 5.41) is 0. The van der Waals surface area contributed by atoms with E-state index in [4.69, 9.17) is 4.98 Å². The number of rotatable bonds is 5. The van der Waals surface area contributed by atoms with E-state index < -0.39 is 0 Å². The van der Waals surface area contributed by atoms with Crippen molar-refractivity contribution in [3.05, 3.63) is 84.6 Å². The lowest BCUT2D eigenvalue weighted by atomic mass is 9.99. The van der Waals surface area contributed by atoms with Crippen LogP contribution in [0.5, 0.6) is 0 Å². The number of aryl methyl sites for hydroxylation is 1. The molecule has 5 aromatic rings. The Balaban J connectivity index is 1.39. The van der Waals surface area contributed by atoms with Gasteiger partial charge in [-0.3, -0.25) is 0 Å². The number of hydrogen-bond acceptors (Lipinski definition) is 2. The fraction of sp³-hybridized carbons (Fsp3) is 0.185. The van der Waals surface area contributed by atoms with Crippen LogP contribution in [0.1, 0.15) is 37.8 Å². The molecule has 2 aromatic heterocycles. The topological polar surface area (TPSA) is 57.4 Å². The van der Waals surface area contributed by atoms with Crippen LogP contribution < -0.4 is 0 Å². The third-order valence-electron chi connectivity index (χ3n) is 6.03. The largest absolute Gasteiger partial charge is 0.342 e. The molecule has 4 heteroatoms. The monoisotopic (exact) mass is 406 g/mol. The lowest BCUT2D eigenvalue weighted by molar-refractivity contribution is 0.692. The highest BCUT2D eigenvalue weighted by Gasteiger charge is 2.10. The first-order valence-electron chi connectivity index (χ1n) is 10.8. The number of nitrogens with zero attached hydrogens (tertiary/aromatic N) is 2. The van der Waals surface area contributed by atoms with Gasteiger partial charge in [0.1, 0.15) is 11.6 Å². The second-order valence-corrected chi connectivity index (χ2v) is 8.20. The molecule has 31 heavy (non-hydrogen) atoms. The van der Waals surface area contributed by atoms with Crippen molar-refractivity contribution in [3.63, 3.8) is 0 Å². The van der Waals surface area contributed by atoms with Crippen molar-refractivity contribution in [2.45, 2.75) is 33.1 Å². The van der Waals surface area contributed by atoms with E-state index in [1.807, 2.05) is 13.1 Å². The minimum absolute atomic E-state index is 0.443. The van der Waals surface area contributed by atoms with Crippen molar-refractivity contribution < 1.29 is 0 Å². The van der Waals surface area contributed by atoms with Gasteiger partial charge in [0.2, 0.25) is 0 Å². The number of imidazole rings is 2. The Labute approximate surface area is 182 Å². The third-order valence-corrected chi connectivity index (χ3v) is 6.03. The predicted molar refractivity (Wildman–Crippen MR) is 128 cm³/mol. The molecular weight excluding hydrogens is 380 g/mol. The summed E-state index contributed by atoms with van der Waals surface area (Å²) in [7, 11) is 0. The minimum Gasteiger partial charge on any atom is -0.342 e. The predicted octanol–water partition coefficient (Wildman–Crippen LogP) is 7.11. The van der Waals surface area contributed by atoms with E-state index in [1.54, 1.807) is 0 Å². The average Bonchev–Trinajstić information content (AvgIpc) is 3.44. The van der Waals surface area contributed by atoms with Gasteiger partial charge in [-0.2, -0.15) is 0 Å². The van der Waals surface area contributed by atoms with Crippen molar-refractivity contribution in [2.75, 3.05) is 0 Å². The van der Waals surface area contributed by atoms with E-state index in [1.165, 1.54) is 22.3 Å². The summed E-state index contributed by atoms with van der Waals surface area (Å²) in [6.45, 7) is 6.37. The molecule has 2 heterocycles. The number of fused-ring (bicyclic) bond motifs is 1. The molecule has 3 aromatic carbocycles. The fourth-order valence-corrected chi connectivity index (χ4v) is 3.90. The third kappa shape index (κ3) is 3.77. The van der Waals surface area contributed by atoms with E-state index in [-0.39, 0.29) is 0 Å². The quantitative estimate of drug-likeness (QED) is 0.327. The Morgan fingerprint density at radius 1 is 0.774 bits per heavy atom. The number of hydrogen-bond donors (Lipinski definition) is 2. The molecule has 0 fully saturated rings. The molecule has 0 aliphatic heterocycles. The van der Waals surface area contributed by atoms with Crippen LogP contribution in [0.3, 0.4) is 0 Å².